The summed E-state index contributed by atoms with van der Waals surface area (Å²) in [6.45, 7) is 0.989. The van der Waals surface area contributed by atoms with Gasteiger partial charge in [0.25, 0.3) is 6.01 Å². The first-order valence-corrected chi connectivity index (χ1v) is 6.57. The second kappa shape index (κ2) is 6.38. The van der Waals surface area contributed by atoms with Crippen LogP contribution in [0.25, 0.3) is 11.1 Å². The first kappa shape index (κ1) is 14.3. The van der Waals surface area contributed by atoms with Crippen molar-refractivity contribution in [1.82, 2.24) is 4.98 Å². The molecule has 2 N–H and O–H groups in total. The summed E-state index contributed by atoms with van der Waals surface area (Å²) in [6, 6.07) is 5.11. The van der Waals surface area contributed by atoms with Gasteiger partial charge in [-0.15, -0.1) is 0 Å². The highest BCUT2D eigenvalue weighted by molar-refractivity contribution is 5.92. The molecule has 2 rings (SSSR count). The van der Waals surface area contributed by atoms with Gasteiger partial charge in [0.2, 0.25) is 0 Å². The van der Waals surface area contributed by atoms with Crippen molar-refractivity contribution in [3.63, 3.8) is 0 Å². The lowest BCUT2D eigenvalue weighted by atomic mass is 10.2. The van der Waals surface area contributed by atoms with Gasteiger partial charge >= 0.3 is 5.97 Å². The Kier molecular flexibility index (Phi) is 4.57. The second-order valence-corrected chi connectivity index (χ2v) is 4.69. The van der Waals surface area contributed by atoms with Crippen LogP contribution in [-0.2, 0) is 0 Å². The number of carbonyl (C=O) groups is 1. The van der Waals surface area contributed by atoms with E-state index in [1.807, 2.05) is 11.9 Å². The molecule has 6 nitrogen and oxygen atoms in total. The van der Waals surface area contributed by atoms with Gasteiger partial charge in [0.15, 0.2) is 5.58 Å². The number of oxazole rings is 1. The number of carboxylic acid groups (broad SMARTS) is 1. The highest BCUT2D eigenvalue weighted by Crippen LogP contribution is 2.22. The number of aromatic nitrogens is 1. The lowest BCUT2D eigenvalue weighted by Crippen LogP contribution is -2.18. The number of hydrogen-bond donors (Lipinski definition) is 2. The fraction of sp³-hybridized carbons (Fsp3) is 0.429. The molecule has 20 heavy (non-hydrogen) atoms. The Morgan fingerprint density at radius 3 is 2.85 bits per heavy atom. The van der Waals surface area contributed by atoms with Crippen molar-refractivity contribution in [3.05, 3.63) is 23.8 Å². The molecule has 0 radical (unpaired) electrons. The van der Waals surface area contributed by atoms with Crippen molar-refractivity contribution < 1.29 is 19.4 Å². The molecule has 0 aliphatic carbocycles. The topological polar surface area (TPSA) is 86.8 Å². The number of rotatable bonds is 7. The van der Waals surface area contributed by atoms with Gasteiger partial charge < -0.3 is 19.5 Å². The van der Waals surface area contributed by atoms with E-state index in [9.17, 15) is 4.79 Å². The summed E-state index contributed by atoms with van der Waals surface area (Å²) in [7, 11) is 1.88. The number of aromatic carboxylic acids is 1. The van der Waals surface area contributed by atoms with E-state index in [0.29, 0.717) is 17.1 Å². The first-order chi connectivity index (χ1) is 9.61. The van der Waals surface area contributed by atoms with E-state index in [1.165, 1.54) is 12.1 Å². The number of fused-ring (bicyclic) bond motifs is 1. The molecule has 0 unspecified atom stereocenters. The van der Waals surface area contributed by atoms with E-state index in [1.54, 1.807) is 6.07 Å². The number of carboxylic acids is 1. The largest absolute Gasteiger partial charge is 0.478 e. The molecule has 0 fully saturated rings. The molecule has 0 saturated heterocycles. The van der Waals surface area contributed by atoms with E-state index in [0.717, 1.165) is 25.8 Å². The average molecular weight is 278 g/mol. The smallest absolute Gasteiger partial charge is 0.335 e. The van der Waals surface area contributed by atoms with Crippen LogP contribution in [0, 0.1) is 0 Å². The third kappa shape index (κ3) is 3.27. The summed E-state index contributed by atoms with van der Waals surface area (Å²) >= 11 is 0. The van der Waals surface area contributed by atoms with Crippen LogP contribution in [0.4, 0.5) is 6.01 Å². The van der Waals surface area contributed by atoms with Crippen molar-refractivity contribution in [3.8, 4) is 0 Å². The standard InChI is InChI=1S/C14H18N2O4/c1-16(7-3-2-4-8-17)14-15-11-6-5-10(13(18)19)9-12(11)20-14/h5-6,9,17H,2-4,7-8H2,1H3,(H,18,19). The quantitative estimate of drug-likeness (QED) is 0.754. The van der Waals surface area contributed by atoms with E-state index in [4.69, 9.17) is 14.6 Å². The van der Waals surface area contributed by atoms with E-state index in [2.05, 4.69) is 4.98 Å². The third-order valence-electron chi connectivity index (χ3n) is 3.10. The summed E-state index contributed by atoms with van der Waals surface area (Å²) in [6.07, 6.45) is 2.68. The Morgan fingerprint density at radius 1 is 1.35 bits per heavy atom. The molecule has 1 aromatic heterocycles. The van der Waals surface area contributed by atoms with Crippen molar-refractivity contribution >= 4 is 23.1 Å². The maximum atomic E-state index is 10.9. The van der Waals surface area contributed by atoms with Crippen LogP contribution in [0.2, 0.25) is 0 Å². The number of aliphatic hydroxyl groups is 1. The zero-order valence-corrected chi connectivity index (χ0v) is 11.4. The predicted octanol–water partition coefficient (Wildman–Crippen LogP) is 2.12. The molecular formula is C14H18N2O4. The highest BCUT2D eigenvalue weighted by atomic mass is 16.4. The van der Waals surface area contributed by atoms with E-state index < -0.39 is 5.97 Å². The molecule has 0 bridgehead atoms. The molecule has 2 aromatic rings. The molecule has 0 aliphatic rings. The Bertz CT molecular complexity index is 594. The normalized spacial score (nSPS) is 10.9. The molecule has 108 valence electrons. The molecule has 0 atom stereocenters. The minimum Gasteiger partial charge on any atom is -0.478 e. The lowest BCUT2D eigenvalue weighted by Gasteiger charge is -2.13. The Morgan fingerprint density at radius 2 is 2.15 bits per heavy atom. The van der Waals surface area contributed by atoms with Gasteiger partial charge in [-0.05, 0) is 37.5 Å². The number of hydrogen-bond acceptors (Lipinski definition) is 5. The monoisotopic (exact) mass is 278 g/mol. The zero-order chi connectivity index (χ0) is 14.5. The van der Waals surface area contributed by atoms with Crippen LogP contribution in [0.5, 0.6) is 0 Å². The second-order valence-electron chi connectivity index (χ2n) is 4.69. The van der Waals surface area contributed by atoms with Gasteiger partial charge in [0, 0.05) is 20.2 Å². The molecular weight excluding hydrogens is 260 g/mol. The highest BCUT2D eigenvalue weighted by Gasteiger charge is 2.12. The third-order valence-corrected chi connectivity index (χ3v) is 3.10. The fourth-order valence-corrected chi connectivity index (χ4v) is 1.94. The van der Waals surface area contributed by atoms with Gasteiger partial charge in [0.1, 0.15) is 5.52 Å². The molecule has 6 heteroatoms. The number of benzene rings is 1. The fourth-order valence-electron chi connectivity index (χ4n) is 1.94. The van der Waals surface area contributed by atoms with Crippen LogP contribution in [0.15, 0.2) is 22.6 Å². The van der Waals surface area contributed by atoms with Gasteiger partial charge in [0.05, 0.1) is 5.56 Å². The Labute approximate surface area is 116 Å². The lowest BCUT2D eigenvalue weighted by molar-refractivity contribution is 0.0697. The molecule has 1 heterocycles. The van der Waals surface area contributed by atoms with Gasteiger partial charge in [-0.25, -0.2) is 4.79 Å². The van der Waals surface area contributed by atoms with Crippen molar-refractivity contribution in [2.75, 3.05) is 25.1 Å². The minimum absolute atomic E-state index is 0.186. The number of unbranched alkanes of at least 4 members (excludes halogenated alkanes) is 2. The van der Waals surface area contributed by atoms with Crippen molar-refractivity contribution in [2.24, 2.45) is 0 Å². The number of nitrogens with zero attached hydrogens (tertiary/aromatic N) is 2. The van der Waals surface area contributed by atoms with Crippen molar-refractivity contribution in [2.45, 2.75) is 19.3 Å². The SMILES string of the molecule is CN(CCCCCO)c1nc2ccc(C(=O)O)cc2o1. The molecule has 0 saturated carbocycles. The first-order valence-electron chi connectivity index (χ1n) is 6.57. The van der Waals surface area contributed by atoms with Crippen LogP contribution >= 0.6 is 0 Å². The minimum atomic E-state index is -0.984. The van der Waals surface area contributed by atoms with Crippen LogP contribution in [-0.4, -0.2) is 41.4 Å². The van der Waals surface area contributed by atoms with Gasteiger partial charge in [-0.3, -0.25) is 0 Å². The van der Waals surface area contributed by atoms with Crippen LogP contribution in [0.1, 0.15) is 29.6 Å². The summed E-state index contributed by atoms with van der Waals surface area (Å²) in [5.74, 6) is -0.984. The van der Waals surface area contributed by atoms with E-state index in [-0.39, 0.29) is 12.2 Å². The summed E-state index contributed by atoms with van der Waals surface area (Å²) in [5.41, 5.74) is 1.31. The Balaban J connectivity index is 2.08. The molecule has 1 aromatic carbocycles. The van der Waals surface area contributed by atoms with Crippen LogP contribution in [0.3, 0.4) is 0 Å². The van der Waals surface area contributed by atoms with E-state index >= 15 is 0 Å². The maximum Gasteiger partial charge on any atom is 0.335 e. The molecule has 0 spiro atoms. The zero-order valence-electron chi connectivity index (χ0n) is 11.4. The van der Waals surface area contributed by atoms with Gasteiger partial charge in [-0.2, -0.15) is 4.98 Å². The number of anilines is 1. The van der Waals surface area contributed by atoms with Gasteiger partial charge in [-0.1, -0.05) is 0 Å². The van der Waals surface area contributed by atoms with Crippen LogP contribution < -0.4 is 4.90 Å². The maximum absolute atomic E-state index is 10.9. The Hall–Kier alpha value is -2.08. The summed E-state index contributed by atoms with van der Waals surface area (Å²) in [4.78, 5) is 17.1. The summed E-state index contributed by atoms with van der Waals surface area (Å²) < 4.78 is 5.58. The summed E-state index contributed by atoms with van der Waals surface area (Å²) in [5, 5.41) is 17.7. The van der Waals surface area contributed by atoms with Crippen molar-refractivity contribution in [1.29, 1.82) is 0 Å². The predicted molar refractivity (Wildman–Crippen MR) is 75.2 cm³/mol. The number of aliphatic hydroxyl groups excluding tert-OH is 1. The average Bonchev–Trinajstić information content (AvgIpc) is 2.86. The molecule has 0 aliphatic heterocycles. The molecule has 0 amide bonds.